The standard InChI is InChI=1S/C26H18N6O6S/c27-20-10-14-24(39(36,37)38)19-9-11-23(26(33)25(19)20)31-30-22-13-12-21(17-3-1-2-4-18(17)22)29-28-15-5-7-16(8-6-15)32(34)35/h1-14,33H,27H2,(H,36,37,38). The van der Waals surface area contributed by atoms with Crippen LogP contribution in [0.1, 0.15) is 0 Å². The molecule has 5 rings (SSSR count). The number of nitrogens with two attached hydrogens (primary N) is 1. The van der Waals surface area contributed by atoms with E-state index < -0.39 is 25.7 Å². The van der Waals surface area contributed by atoms with E-state index in [1.165, 1.54) is 42.5 Å². The van der Waals surface area contributed by atoms with E-state index in [0.29, 0.717) is 27.8 Å². The zero-order valence-corrected chi connectivity index (χ0v) is 20.6. The van der Waals surface area contributed by atoms with E-state index >= 15 is 0 Å². The molecule has 0 aliphatic rings. The van der Waals surface area contributed by atoms with E-state index in [2.05, 4.69) is 20.5 Å². The second-order valence-electron chi connectivity index (χ2n) is 8.31. The first-order chi connectivity index (χ1) is 18.6. The molecule has 0 aromatic heterocycles. The molecule has 0 amide bonds. The summed E-state index contributed by atoms with van der Waals surface area (Å²) in [6, 6.07) is 21.4. The van der Waals surface area contributed by atoms with Crippen molar-refractivity contribution < 1.29 is 23.0 Å². The van der Waals surface area contributed by atoms with Crippen molar-refractivity contribution in [2.75, 3.05) is 5.73 Å². The molecule has 0 atom stereocenters. The Kier molecular flexibility index (Phi) is 6.44. The summed E-state index contributed by atoms with van der Waals surface area (Å²) in [6.45, 7) is 0. The largest absolute Gasteiger partial charge is 0.505 e. The lowest BCUT2D eigenvalue weighted by atomic mass is 10.1. The van der Waals surface area contributed by atoms with Gasteiger partial charge < -0.3 is 10.8 Å². The number of hydrogen-bond donors (Lipinski definition) is 3. The number of aromatic hydroxyl groups is 1. The Hall–Kier alpha value is -5.27. The van der Waals surface area contributed by atoms with Crippen molar-refractivity contribution >= 4 is 65.8 Å². The van der Waals surface area contributed by atoms with Crippen molar-refractivity contribution in [3.05, 3.63) is 95.0 Å². The number of hydrogen-bond acceptors (Lipinski definition) is 10. The van der Waals surface area contributed by atoms with Crippen LogP contribution in [0.2, 0.25) is 0 Å². The first-order valence-corrected chi connectivity index (χ1v) is 12.7. The van der Waals surface area contributed by atoms with Crippen LogP contribution in [0.3, 0.4) is 0 Å². The molecule has 0 unspecified atom stereocenters. The van der Waals surface area contributed by atoms with Crippen LogP contribution < -0.4 is 5.73 Å². The van der Waals surface area contributed by atoms with Crippen LogP contribution in [0.4, 0.5) is 34.1 Å². The van der Waals surface area contributed by atoms with Crippen molar-refractivity contribution in [1.29, 1.82) is 0 Å². The summed E-state index contributed by atoms with van der Waals surface area (Å²) in [5.74, 6) is -0.392. The number of non-ortho nitro benzene ring substituents is 1. The Morgan fingerprint density at radius 3 is 1.87 bits per heavy atom. The maximum absolute atomic E-state index is 11.7. The number of azo groups is 2. The predicted octanol–water partition coefficient (Wildman–Crippen LogP) is 7.27. The van der Waals surface area contributed by atoms with Gasteiger partial charge in [0.2, 0.25) is 0 Å². The van der Waals surface area contributed by atoms with E-state index in [0.717, 1.165) is 6.07 Å². The first-order valence-electron chi connectivity index (χ1n) is 11.2. The van der Waals surface area contributed by atoms with E-state index in [-0.39, 0.29) is 27.8 Å². The normalized spacial score (nSPS) is 12.1. The number of fused-ring (bicyclic) bond motifs is 2. The molecule has 5 aromatic carbocycles. The molecule has 13 heteroatoms. The van der Waals surface area contributed by atoms with E-state index in [1.54, 1.807) is 12.1 Å². The fourth-order valence-electron chi connectivity index (χ4n) is 4.02. The topological polar surface area (TPSA) is 193 Å². The number of rotatable bonds is 6. The van der Waals surface area contributed by atoms with Gasteiger partial charge in [-0.2, -0.15) is 13.5 Å². The van der Waals surface area contributed by atoms with Crippen LogP contribution in [0.15, 0.2) is 110 Å². The highest BCUT2D eigenvalue weighted by Gasteiger charge is 2.19. The molecule has 0 bridgehead atoms. The van der Waals surface area contributed by atoms with Gasteiger partial charge in [-0.15, -0.1) is 15.3 Å². The number of nitrogen functional groups attached to an aromatic ring is 1. The molecule has 0 aliphatic heterocycles. The second kappa shape index (κ2) is 9.89. The number of anilines is 1. The zero-order valence-electron chi connectivity index (χ0n) is 19.8. The minimum absolute atomic E-state index is 0.0217. The number of nitro benzene ring substituents is 1. The monoisotopic (exact) mass is 542 g/mol. The molecule has 39 heavy (non-hydrogen) atoms. The predicted molar refractivity (Wildman–Crippen MR) is 145 cm³/mol. The Balaban J connectivity index is 1.52. The number of benzene rings is 5. The first kappa shape index (κ1) is 25.4. The van der Waals surface area contributed by atoms with E-state index in [1.807, 2.05) is 24.3 Å². The van der Waals surface area contributed by atoms with Crippen molar-refractivity contribution in [3.63, 3.8) is 0 Å². The summed E-state index contributed by atoms with van der Waals surface area (Å²) in [5.41, 5.74) is 7.48. The maximum atomic E-state index is 11.7. The van der Waals surface area contributed by atoms with Gasteiger partial charge in [-0.25, -0.2) is 0 Å². The molecule has 0 radical (unpaired) electrons. The fourth-order valence-corrected chi connectivity index (χ4v) is 4.71. The lowest BCUT2D eigenvalue weighted by molar-refractivity contribution is -0.384. The van der Waals surface area contributed by atoms with Crippen LogP contribution >= 0.6 is 0 Å². The van der Waals surface area contributed by atoms with Gasteiger partial charge >= 0.3 is 0 Å². The van der Waals surface area contributed by atoms with Crippen molar-refractivity contribution in [2.24, 2.45) is 20.5 Å². The third kappa shape index (κ3) is 4.99. The fraction of sp³-hybridized carbons (Fsp3) is 0. The molecule has 194 valence electrons. The molecule has 0 saturated heterocycles. The third-order valence-corrected chi connectivity index (χ3v) is 6.79. The molecular weight excluding hydrogens is 524 g/mol. The number of nitrogens with zero attached hydrogens (tertiary/aromatic N) is 5. The second-order valence-corrected chi connectivity index (χ2v) is 9.70. The van der Waals surface area contributed by atoms with E-state index in [4.69, 9.17) is 5.73 Å². The molecule has 0 heterocycles. The SMILES string of the molecule is Nc1ccc(S(=O)(=O)O)c2ccc(N=Nc3ccc(N=Nc4ccc([N+](=O)[O-])cc4)c4ccccc34)c(O)c12. The van der Waals surface area contributed by atoms with Crippen LogP contribution in [-0.4, -0.2) is 23.0 Å². The quantitative estimate of drug-likeness (QED) is 0.0659. The van der Waals surface area contributed by atoms with Gasteiger partial charge in [0, 0.05) is 34.0 Å². The molecule has 0 fully saturated rings. The molecule has 5 aromatic rings. The molecule has 12 nitrogen and oxygen atoms in total. The average Bonchev–Trinajstić information content (AvgIpc) is 2.91. The molecule has 0 spiro atoms. The van der Waals surface area contributed by atoms with Gasteiger partial charge in [0.15, 0.2) is 5.75 Å². The van der Waals surface area contributed by atoms with E-state index in [9.17, 15) is 28.2 Å². The summed E-state index contributed by atoms with van der Waals surface area (Å²) in [5, 5.41) is 40.0. The van der Waals surface area contributed by atoms with Crippen molar-refractivity contribution in [1.82, 2.24) is 0 Å². The summed E-state index contributed by atoms with van der Waals surface area (Å²) in [4.78, 5) is 9.95. The lowest BCUT2D eigenvalue weighted by Crippen LogP contribution is -2.00. The van der Waals surface area contributed by atoms with Gasteiger partial charge in [0.25, 0.3) is 15.8 Å². The maximum Gasteiger partial charge on any atom is 0.295 e. The van der Waals surface area contributed by atoms with Gasteiger partial charge in [0.1, 0.15) is 10.6 Å². The molecule has 0 saturated carbocycles. The number of phenolic OH excluding ortho intramolecular Hbond substituents is 1. The van der Waals surface area contributed by atoms with Crippen molar-refractivity contribution in [2.45, 2.75) is 4.90 Å². The molecule has 4 N–H and O–H groups in total. The Labute approximate surface area is 220 Å². The van der Waals surface area contributed by atoms with Gasteiger partial charge in [-0.1, -0.05) is 30.3 Å². The van der Waals surface area contributed by atoms with Gasteiger partial charge in [0.05, 0.1) is 27.4 Å². The summed E-state index contributed by atoms with van der Waals surface area (Å²) in [6.07, 6.45) is 0. The Bertz CT molecular complexity index is 1940. The Morgan fingerprint density at radius 2 is 1.28 bits per heavy atom. The summed E-state index contributed by atoms with van der Waals surface area (Å²) >= 11 is 0. The Morgan fingerprint density at radius 1 is 0.718 bits per heavy atom. The number of phenols is 1. The van der Waals surface area contributed by atoms with Crippen LogP contribution in [0, 0.1) is 10.1 Å². The summed E-state index contributed by atoms with van der Waals surface area (Å²) < 4.78 is 33.0. The lowest BCUT2D eigenvalue weighted by Gasteiger charge is -2.10. The van der Waals surface area contributed by atoms with Gasteiger partial charge in [-0.05, 0) is 42.5 Å². The van der Waals surface area contributed by atoms with Crippen LogP contribution in [0.5, 0.6) is 5.75 Å². The highest BCUT2D eigenvalue weighted by molar-refractivity contribution is 7.86. The van der Waals surface area contributed by atoms with Gasteiger partial charge in [-0.3, -0.25) is 14.7 Å². The van der Waals surface area contributed by atoms with Crippen molar-refractivity contribution in [3.8, 4) is 5.75 Å². The highest BCUT2D eigenvalue weighted by Crippen LogP contribution is 2.42. The zero-order chi connectivity index (χ0) is 27.7. The minimum atomic E-state index is -4.55. The molecular formula is C26H18N6O6S. The average molecular weight is 543 g/mol. The summed E-state index contributed by atoms with van der Waals surface area (Å²) in [7, 11) is -4.55. The van der Waals surface area contributed by atoms with Crippen LogP contribution in [0.25, 0.3) is 21.5 Å². The molecule has 0 aliphatic carbocycles. The smallest absolute Gasteiger partial charge is 0.295 e. The number of nitro groups is 1. The highest BCUT2D eigenvalue weighted by atomic mass is 32.2. The third-order valence-electron chi connectivity index (χ3n) is 5.88. The minimum Gasteiger partial charge on any atom is -0.505 e. The van der Waals surface area contributed by atoms with Crippen LogP contribution in [-0.2, 0) is 10.1 Å².